The van der Waals surface area contributed by atoms with Crippen molar-refractivity contribution in [1.29, 1.82) is 5.41 Å². The molecule has 0 radical (unpaired) electrons. The molecule has 0 bridgehead atoms. The van der Waals surface area contributed by atoms with Crippen molar-refractivity contribution in [3.63, 3.8) is 0 Å². The highest BCUT2D eigenvalue weighted by atomic mass is 19.4. The normalized spacial score (nSPS) is 12.6. The Morgan fingerprint density at radius 2 is 1.84 bits per heavy atom. The second-order valence-electron chi connectivity index (χ2n) is 6.09. The fourth-order valence-electron chi connectivity index (χ4n) is 2.11. The molecule has 0 aliphatic carbocycles. The average molecular weight is 441 g/mol. The first-order valence-electron chi connectivity index (χ1n) is 8.67. The molecule has 31 heavy (non-hydrogen) atoms. The Bertz CT molecular complexity index is 947. The number of rotatable bonds is 6. The lowest BCUT2D eigenvalue weighted by molar-refractivity contribution is -0.138. The molecular formula is C17H19F4N9O. The van der Waals surface area contributed by atoms with Crippen molar-refractivity contribution in [3.8, 4) is 0 Å². The number of hydrogen-bond donors (Lipinski definition) is 6. The number of carbonyl (C=O) groups excluding carboxylic acids is 1. The molecule has 0 aliphatic rings. The number of alkyl halides is 3. The summed E-state index contributed by atoms with van der Waals surface area (Å²) in [6.07, 6.45) is -3.39. The lowest BCUT2D eigenvalue weighted by Crippen LogP contribution is -2.42. The van der Waals surface area contributed by atoms with Crippen molar-refractivity contribution in [2.24, 2.45) is 10.7 Å². The lowest BCUT2D eigenvalue weighted by atomic mass is 10.3. The van der Waals surface area contributed by atoms with E-state index in [9.17, 15) is 22.4 Å². The van der Waals surface area contributed by atoms with Gasteiger partial charge in [-0.2, -0.15) is 18.2 Å². The summed E-state index contributed by atoms with van der Waals surface area (Å²) in [5.41, 5.74) is 6.14. The summed E-state index contributed by atoms with van der Waals surface area (Å²) >= 11 is 0. The van der Waals surface area contributed by atoms with Crippen LogP contribution in [0.2, 0.25) is 0 Å². The number of halogens is 4. The van der Waals surface area contributed by atoms with Gasteiger partial charge in [0.15, 0.2) is 0 Å². The number of carbonyl (C=O) groups is 1. The number of nitrogens with two attached hydrogens (primary N) is 1. The zero-order valence-electron chi connectivity index (χ0n) is 16.1. The Morgan fingerprint density at radius 1 is 1.19 bits per heavy atom. The van der Waals surface area contributed by atoms with Crippen molar-refractivity contribution in [1.82, 2.24) is 15.3 Å². The van der Waals surface area contributed by atoms with Gasteiger partial charge < -0.3 is 27.0 Å². The van der Waals surface area contributed by atoms with Crippen LogP contribution >= 0.6 is 0 Å². The van der Waals surface area contributed by atoms with Gasteiger partial charge in [0, 0.05) is 11.8 Å². The van der Waals surface area contributed by atoms with Gasteiger partial charge in [0.2, 0.25) is 17.8 Å². The minimum atomic E-state index is -4.52. The van der Waals surface area contributed by atoms with E-state index in [2.05, 4.69) is 30.9 Å². The largest absolute Gasteiger partial charge is 0.405 e. The molecule has 0 saturated heterocycles. The van der Waals surface area contributed by atoms with Crippen LogP contribution in [0.5, 0.6) is 0 Å². The molecule has 0 fully saturated rings. The number of benzene rings is 1. The van der Waals surface area contributed by atoms with Gasteiger partial charge in [-0.1, -0.05) is 0 Å². The van der Waals surface area contributed by atoms with Crippen LogP contribution in [0.1, 0.15) is 6.92 Å². The standard InChI is InChI=1S/C17H19F4N9O/c1-9(14(31)24-7-17(19,20)21)27-12-6-13(26-8-25-12)29-16(23)30-15(22)28-11-4-2-10(18)3-5-11/h2-6,8-9H,7H2,1H3,(H,24,31)(H6,22,23,25,26,27,28,29,30)/t9-/m0/s1. The fraction of sp³-hybridized carbons (Fsp3) is 0.235. The van der Waals surface area contributed by atoms with Crippen molar-refractivity contribution in [2.75, 3.05) is 22.5 Å². The SMILES string of the molecule is C[C@H](Nc1cc(N/C(N)=N\C(=N)Nc2ccc(F)cc2)ncn1)C(=O)NCC(F)(F)F. The molecular weight excluding hydrogens is 422 g/mol. The Balaban J connectivity index is 1.93. The van der Waals surface area contributed by atoms with Gasteiger partial charge in [-0.25, -0.2) is 14.4 Å². The molecule has 1 aromatic carbocycles. The van der Waals surface area contributed by atoms with Crippen LogP contribution in [-0.4, -0.2) is 46.6 Å². The van der Waals surface area contributed by atoms with E-state index in [1.807, 2.05) is 0 Å². The lowest BCUT2D eigenvalue weighted by Gasteiger charge is -2.16. The van der Waals surface area contributed by atoms with E-state index in [1.54, 1.807) is 5.32 Å². The van der Waals surface area contributed by atoms with Crippen molar-refractivity contribution in [3.05, 3.63) is 42.5 Å². The Hall–Kier alpha value is -3.97. The summed E-state index contributed by atoms with van der Waals surface area (Å²) in [7, 11) is 0. The van der Waals surface area contributed by atoms with E-state index in [0.717, 1.165) is 6.33 Å². The predicted octanol–water partition coefficient (Wildman–Crippen LogP) is 1.87. The van der Waals surface area contributed by atoms with Crippen LogP contribution in [0, 0.1) is 11.2 Å². The van der Waals surface area contributed by atoms with E-state index in [1.165, 1.54) is 37.3 Å². The van der Waals surface area contributed by atoms with Gasteiger partial charge in [-0.05, 0) is 31.2 Å². The van der Waals surface area contributed by atoms with Crippen LogP contribution in [-0.2, 0) is 4.79 Å². The maximum atomic E-state index is 12.9. The molecule has 0 saturated carbocycles. The van der Waals surface area contributed by atoms with Crippen LogP contribution < -0.4 is 27.0 Å². The van der Waals surface area contributed by atoms with Gasteiger partial charge >= 0.3 is 6.18 Å². The zero-order valence-corrected chi connectivity index (χ0v) is 16.1. The Morgan fingerprint density at radius 3 is 2.48 bits per heavy atom. The fourth-order valence-corrected chi connectivity index (χ4v) is 2.11. The van der Waals surface area contributed by atoms with Crippen molar-refractivity contribution in [2.45, 2.75) is 19.1 Å². The van der Waals surface area contributed by atoms with E-state index in [4.69, 9.17) is 11.1 Å². The summed E-state index contributed by atoms with van der Waals surface area (Å²) in [6, 6.07) is 5.58. The third kappa shape index (κ3) is 8.51. The molecule has 0 unspecified atom stereocenters. The maximum Gasteiger partial charge on any atom is 0.405 e. The summed E-state index contributed by atoms with van der Waals surface area (Å²) in [5, 5.41) is 17.4. The number of guanidine groups is 2. The second kappa shape index (κ2) is 10.2. The number of nitrogens with zero attached hydrogens (tertiary/aromatic N) is 3. The van der Waals surface area contributed by atoms with Crippen LogP contribution in [0.4, 0.5) is 34.9 Å². The molecule has 7 N–H and O–H groups in total. The molecule has 1 aromatic heterocycles. The highest BCUT2D eigenvalue weighted by molar-refractivity contribution is 6.04. The minimum absolute atomic E-state index is 0.138. The quantitative estimate of drug-likeness (QED) is 0.227. The third-order valence-electron chi connectivity index (χ3n) is 3.48. The van der Waals surface area contributed by atoms with Crippen LogP contribution in [0.15, 0.2) is 41.7 Å². The molecule has 1 heterocycles. The number of nitrogens with one attached hydrogen (secondary N) is 5. The summed E-state index contributed by atoms with van der Waals surface area (Å²) in [5.74, 6) is -1.55. The molecule has 0 aliphatic heterocycles. The smallest absolute Gasteiger partial charge is 0.369 e. The van der Waals surface area contributed by atoms with E-state index in [-0.39, 0.29) is 23.6 Å². The van der Waals surface area contributed by atoms with Gasteiger partial charge in [-0.15, -0.1) is 0 Å². The molecule has 14 heteroatoms. The van der Waals surface area contributed by atoms with E-state index >= 15 is 0 Å². The third-order valence-corrected chi connectivity index (χ3v) is 3.48. The topological polar surface area (TPSA) is 153 Å². The van der Waals surface area contributed by atoms with Gasteiger partial charge in [0.25, 0.3) is 0 Å². The first kappa shape index (κ1) is 23.3. The van der Waals surface area contributed by atoms with Gasteiger partial charge in [0.1, 0.15) is 36.4 Å². The monoisotopic (exact) mass is 441 g/mol. The Labute approximate surface area is 173 Å². The summed E-state index contributed by atoms with van der Waals surface area (Å²) < 4.78 is 49.5. The average Bonchev–Trinajstić information content (AvgIpc) is 2.67. The molecule has 1 amide bonds. The number of anilines is 3. The number of amides is 1. The molecule has 10 nitrogen and oxygen atoms in total. The summed E-state index contributed by atoms with van der Waals surface area (Å²) in [4.78, 5) is 23.3. The molecule has 2 aromatic rings. The molecule has 166 valence electrons. The molecule has 0 spiro atoms. The van der Waals surface area contributed by atoms with E-state index < -0.39 is 30.5 Å². The number of aromatic nitrogens is 2. The number of aliphatic imine (C=N–C) groups is 1. The zero-order chi connectivity index (χ0) is 23.0. The van der Waals surface area contributed by atoms with Crippen LogP contribution in [0.3, 0.4) is 0 Å². The van der Waals surface area contributed by atoms with Gasteiger partial charge in [-0.3, -0.25) is 10.2 Å². The summed E-state index contributed by atoms with van der Waals surface area (Å²) in [6.45, 7) is -0.0848. The predicted molar refractivity (Wildman–Crippen MR) is 107 cm³/mol. The van der Waals surface area contributed by atoms with Crippen molar-refractivity contribution >= 4 is 35.1 Å². The minimum Gasteiger partial charge on any atom is -0.369 e. The van der Waals surface area contributed by atoms with Crippen molar-refractivity contribution < 1.29 is 22.4 Å². The Kier molecular flexibility index (Phi) is 7.65. The highest BCUT2D eigenvalue weighted by Gasteiger charge is 2.28. The molecule has 2 rings (SSSR count). The second-order valence-corrected chi connectivity index (χ2v) is 6.09. The van der Waals surface area contributed by atoms with Crippen LogP contribution in [0.25, 0.3) is 0 Å². The first-order valence-corrected chi connectivity index (χ1v) is 8.67. The van der Waals surface area contributed by atoms with E-state index in [0.29, 0.717) is 5.69 Å². The highest BCUT2D eigenvalue weighted by Crippen LogP contribution is 2.13. The first-order chi connectivity index (χ1) is 14.5. The van der Waals surface area contributed by atoms with Gasteiger partial charge in [0.05, 0.1) is 0 Å². The maximum absolute atomic E-state index is 12.9. The number of hydrogen-bond acceptors (Lipinski definition) is 5. The molecule has 1 atom stereocenters.